The second-order valence-corrected chi connectivity index (χ2v) is 15.8. The van der Waals surface area contributed by atoms with Crippen LogP contribution in [0.4, 0.5) is 17.1 Å². The van der Waals surface area contributed by atoms with Crippen molar-refractivity contribution in [2.75, 3.05) is 4.90 Å². The van der Waals surface area contributed by atoms with Gasteiger partial charge in [-0.25, -0.2) is 4.98 Å². The fourth-order valence-corrected chi connectivity index (χ4v) is 9.24. The van der Waals surface area contributed by atoms with E-state index < -0.39 is 0 Å². The van der Waals surface area contributed by atoms with Crippen LogP contribution >= 0.6 is 0 Å². The predicted molar refractivity (Wildman–Crippen MR) is 260 cm³/mol. The number of aromatic nitrogens is 3. The van der Waals surface area contributed by atoms with E-state index in [1.165, 1.54) is 38.3 Å². The molecule has 0 atom stereocenters. The number of benzene rings is 10. The summed E-state index contributed by atoms with van der Waals surface area (Å²) in [7, 11) is 0. The summed E-state index contributed by atoms with van der Waals surface area (Å²) in [5.74, 6) is 0. The van der Waals surface area contributed by atoms with Crippen molar-refractivity contribution in [2.24, 2.45) is 0 Å². The molecule has 4 heteroatoms. The van der Waals surface area contributed by atoms with Crippen LogP contribution in [0.5, 0.6) is 0 Å². The summed E-state index contributed by atoms with van der Waals surface area (Å²) < 4.78 is 2.36. The van der Waals surface area contributed by atoms with E-state index in [0.717, 1.165) is 72.3 Å². The van der Waals surface area contributed by atoms with Crippen molar-refractivity contribution in [3.05, 3.63) is 231 Å². The van der Waals surface area contributed by atoms with E-state index in [2.05, 4.69) is 234 Å². The zero-order valence-corrected chi connectivity index (χ0v) is 33.7. The van der Waals surface area contributed by atoms with Gasteiger partial charge in [-0.2, -0.15) is 0 Å². The highest BCUT2D eigenvalue weighted by atomic mass is 15.1. The first-order chi connectivity index (χ1) is 30.7. The number of fused-ring (bicyclic) bond motifs is 9. The Morgan fingerprint density at radius 2 is 0.839 bits per heavy atom. The van der Waals surface area contributed by atoms with Crippen LogP contribution in [0.25, 0.3) is 93.6 Å². The molecule has 0 aliphatic heterocycles. The number of para-hydroxylation sites is 3. The monoisotopic (exact) mass is 790 g/mol. The molecule has 12 rings (SSSR count). The van der Waals surface area contributed by atoms with Crippen molar-refractivity contribution >= 4 is 71.4 Å². The Morgan fingerprint density at radius 1 is 0.323 bits per heavy atom. The highest BCUT2D eigenvalue weighted by Crippen LogP contribution is 2.42. The van der Waals surface area contributed by atoms with Crippen molar-refractivity contribution < 1.29 is 0 Å². The Morgan fingerprint density at radius 3 is 1.50 bits per heavy atom. The van der Waals surface area contributed by atoms with Crippen LogP contribution in [0.15, 0.2) is 231 Å². The number of anilines is 3. The van der Waals surface area contributed by atoms with Gasteiger partial charge in [0, 0.05) is 49.9 Å². The molecule has 4 nitrogen and oxygen atoms in total. The zero-order valence-electron chi connectivity index (χ0n) is 33.7. The molecule has 0 radical (unpaired) electrons. The largest absolute Gasteiger partial charge is 0.310 e. The topological polar surface area (TPSA) is 34.0 Å². The van der Waals surface area contributed by atoms with Gasteiger partial charge in [-0.15, -0.1) is 0 Å². The Bertz CT molecular complexity index is 3600. The normalized spacial score (nSPS) is 11.5. The molecule has 0 aliphatic carbocycles. The smallest absolute Gasteiger partial charge is 0.0979 e. The summed E-state index contributed by atoms with van der Waals surface area (Å²) in [5, 5.41) is 6.94. The number of rotatable bonds is 7. The summed E-state index contributed by atoms with van der Waals surface area (Å²) in [6.07, 6.45) is 1.93. The third-order valence-electron chi connectivity index (χ3n) is 12.2. The lowest BCUT2D eigenvalue weighted by atomic mass is 9.93. The number of hydrogen-bond acceptors (Lipinski definition) is 3. The van der Waals surface area contributed by atoms with Gasteiger partial charge in [0.05, 0.1) is 34.0 Å². The molecular weight excluding hydrogens is 753 g/mol. The molecule has 0 bridgehead atoms. The van der Waals surface area contributed by atoms with Crippen molar-refractivity contribution in [3.8, 4) is 39.2 Å². The molecule has 2 aromatic heterocycles. The molecule has 0 unspecified atom stereocenters. The van der Waals surface area contributed by atoms with Crippen LogP contribution in [0.2, 0.25) is 0 Å². The molecule has 62 heavy (non-hydrogen) atoms. The minimum absolute atomic E-state index is 0.829. The minimum atomic E-state index is 0.829. The Hall–Kier alpha value is -8.34. The first-order valence-corrected chi connectivity index (χ1v) is 21.1. The maximum absolute atomic E-state index is 5.46. The standard InChI is InChI=1S/C58H38N4/c1-5-15-39(16-6-1)42-27-32-48-49-33-28-43(40-17-7-2-8-18-40)36-53(49)58-57(52(48)35-42)59-38-54(60-58)41-25-29-46(30-26-41)61(44-19-9-3-10-20-44)47-31-34-56-51(37-47)50-23-13-14-24-55(50)62(56)45-21-11-4-12-22-45/h1-38H. The highest BCUT2D eigenvalue weighted by Gasteiger charge is 2.19. The van der Waals surface area contributed by atoms with E-state index in [-0.39, 0.29) is 0 Å². The molecule has 0 aliphatic rings. The van der Waals surface area contributed by atoms with Gasteiger partial charge in [0.25, 0.3) is 0 Å². The van der Waals surface area contributed by atoms with Gasteiger partial charge >= 0.3 is 0 Å². The number of nitrogens with zero attached hydrogens (tertiary/aromatic N) is 4. The van der Waals surface area contributed by atoms with Gasteiger partial charge in [-0.3, -0.25) is 4.98 Å². The van der Waals surface area contributed by atoms with Gasteiger partial charge in [0.2, 0.25) is 0 Å². The molecule has 10 aromatic carbocycles. The SMILES string of the molecule is c1ccc(-c2ccc3c4ccc(-c5ccccc5)cc4c4nc(-c5ccc(N(c6ccccc6)c6ccc7c(c6)c6ccccc6n7-c6ccccc6)cc5)cnc4c3c2)cc1. The van der Waals surface area contributed by atoms with Crippen LogP contribution in [0.1, 0.15) is 0 Å². The zero-order chi connectivity index (χ0) is 41.0. The molecule has 0 saturated heterocycles. The lowest BCUT2D eigenvalue weighted by Gasteiger charge is -2.26. The van der Waals surface area contributed by atoms with E-state index in [9.17, 15) is 0 Å². The summed E-state index contributed by atoms with van der Waals surface area (Å²) in [4.78, 5) is 13.0. The van der Waals surface area contributed by atoms with Gasteiger partial charge in [0.15, 0.2) is 0 Å². The third-order valence-corrected chi connectivity index (χ3v) is 12.2. The van der Waals surface area contributed by atoms with Gasteiger partial charge < -0.3 is 9.47 Å². The summed E-state index contributed by atoms with van der Waals surface area (Å²) in [6.45, 7) is 0. The average Bonchev–Trinajstić information content (AvgIpc) is 3.69. The lowest BCUT2D eigenvalue weighted by Crippen LogP contribution is -2.09. The van der Waals surface area contributed by atoms with Crippen molar-refractivity contribution in [2.45, 2.75) is 0 Å². The average molecular weight is 791 g/mol. The molecule has 290 valence electrons. The molecule has 0 amide bonds. The van der Waals surface area contributed by atoms with E-state index in [0.29, 0.717) is 0 Å². The molecule has 12 aromatic rings. The van der Waals surface area contributed by atoms with Crippen molar-refractivity contribution in [3.63, 3.8) is 0 Å². The van der Waals surface area contributed by atoms with Crippen LogP contribution in [0, 0.1) is 0 Å². The molecule has 0 spiro atoms. The minimum Gasteiger partial charge on any atom is -0.310 e. The van der Waals surface area contributed by atoms with E-state index in [1.54, 1.807) is 0 Å². The fourth-order valence-electron chi connectivity index (χ4n) is 9.24. The summed E-state index contributed by atoms with van der Waals surface area (Å²) in [6, 6.07) is 80.1. The van der Waals surface area contributed by atoms with Gasteiger partial charge in [-0.1, -0.05) is 152 Å². The first kappa shape index (κ1) is 35.6. The molecule has 0 N–H and O–H groups in total. The summed E-state index contributed by atoms with van der Waals surface area (Å²) >= 11 is 0. The fraction of sp³-hybridized carbons (Fsp3) is 0. The first-order valence-electron chi connectivity index (χ1n) is 21.1. The second-order valence-electron chi connectivity index (χ2n) is 15.8. The van der Waals surface area contributed by atoms with E-state index >= 15 is 0 Å². The van der Waals surface area contributed by atoms with Crippen LogP contribution < -0.4 is 4.90 Å². The lowest BCUT2D eigenvalue weighted by molar-refractivity contribution is 1.18. The van der Waals surface area contributed by atoms with Crippen LogP contribution in [-0.4, -0.2) is 14.5 Å². The van der Waals surface area contributed by atoms with Crippen LogP contribution in [-0.2, 0) is 0 Å². The maximum Gasteiger partial charge on any atom is 0.0979 e. The molecular formula is C58H38N4. The second kappa shape index (κ2) is 14.7. The van der Waals surface area contributed by atoms with E-state index in [1.807, 2.05) is 6.20 Å². The van der Waals surface area contributed by atoms with E-state index in [4.69, 9.17) is 9.97 Å². The highest BCUT2D eigenvalue weighted by molar-refractivity contribution is 6.24. The predicted octanol–water partition coefficient (Wildman–Crippen LogP) is 15.5. The Kier molecular flexibility index (Phi) is 8.46. The number of hydrogen-bond donors (Lipinski definition) is 0. The Labute approximate surface area is 359 Å². The molecule has 0 saturated carbocycles. The third kappa shape index (κ3) is 6.00. The summed E-state index contributed by atoms with van der Waals surface area (Å²) in [5.41, 5.74) is 15.0. The van der Waals surface area contributed by atoms with Gasteiger partial charge in [0.1, 0.15) is 0 Å². The van der Waals surface area contributed by atoms with Gasteiger partial charge in [-0.05, 0) is 106 Å². The molecule has 0 fully saturated rings. The quantitative estimate of drug-likeness (QED) is 0.151. The van der Waals surface area contributed by atoms with Crippen LogP contribution in [0.3, 0.4) is 0 Å². The molecule has 2 heterocycles. The Balaban J connectivity index is 0.995. The maximum atomic E-state index is 5.46. The van der Waals surface area contributed by atoms with Crippen molar-refractivity contribution in [1.82, 2.24) is 14.5 Å². The van der Waals surface area contributed by atoms with Crippen molar-refractivity contribution in [1.29, 1.82) is 0 Å².